The second-order valence-electron chi connectivity index (χ2n) is 3.85. The highest BCUT2D eigenvalue weighted by atomic mass is 35.5. The normalized spacial score (nSPS) is 17.3. The zero-order chi connectivity index (χ0) is 13.1. The Labute approximate surface area is 113 Å². The van der Waals surface area contributed by atoms with Gasteiger partial charge in [-0.1, -0.05) is 0 Å². The fourth-order valence-electron chi connectivity index (χ4n) is 1.91. The molecule has 0 bridgehead atoms. The summed E-state index contributed by atoms with van der Waals surface area (Å²) < 4.78 is 5.01. The minimum absolute atomic E-state index is 0.106. The van der Waals surface area contributed by atoms with Crippen LogP contribution in [0.25, 0.3) is 0 Å². The van der Waals surface area contributed by atoms with Gasteiger partial charge in [0.25, 0.3) is 0 Å². The molecule has 1 amide bonds. The fraction of sp³-hybridized carbons (Fsp3) is 0.545. The van der Waals surface area contributed by atoms with Gasteiger partial charge in [0.15, 0.2) is 5.13 Å². The Morgan fingerprint density at radius 1 is 1.61 bits per heavy atom. The first-order valence-electron chi connectivity index (χ1n) is 5.67. The molecule has 18 heavy (non-hydrogen) atoms. The number of anilines is 1. The summed E-state index contributed by atoms with van der Waals surface area (Å²) in [4.78, 5) is 28.2. The molecule has 1 unspecified atom stereocenters. The Kier molecular flexibility index (Phi) is 4.19. The lowest BCUT2D eigenvalue weighted by Gasteiger charge is -2.07. The van der Waals surface area contributed by atoms with Crippen molar-refractivity contribution in [2.45, 2.75) is 25.7 Å². The third-order valence-corrected chi connectivity index (χ3v) is 3.95. The topological polar surface area (TPSA) is 68.3 Å². The first-order chi connectivity index (χ1) is 8.65. The molecular formula is C11H13ClN2O3S. The number of amides is 1. The second-order valence-corrected chi connectivity index (χ2v) is 5.20. The van der Waals surface area contributed by atoms with Crippen LogP contribution in [0.5, 0.6) is 0 Å². The van der Waals surface area contributed by atoms with Crippen LogP contribution < -0.4 is 5.32 Å². The number of aromatic nitrogens is 1. The predicted octanol–water partition coefficient (Wildman–Crippen LogP) is 1.91. The SMILES string of the molecule is CCOC(=O)C1CCc2sc(NC(=O)CCl)nc21. The van der Waals surface area contributed by atoms with E-state index in [-0.39, 0.29) is 23.7 Å². The average molecular weight is 289 g/mol. The highest BCUT2D eigenvalue weighted by molar-refractivity contribution is 7.16. The van der Waals surface area contributed by atoms with Crippen molar-refractivity contribution >= 4 is 39.9 Å². The molecule has 1 N–H and O–H groups in total. The van der Waals surface area contributed by atoms with E-state index in [1.807, 2.05) is 0 Å². The summed E-state index contributed by atoms with van der Waals surface area (Å²) in [5.41, 5.74) is 0.739. The first kappa shape index (κ1) is 13.3. The van der Waals surface area contributed by atoms with E-state index in [1.165, 1.54) is 11.3 Å². The number of rotatable bonds is 4. The summed E-state index contributed by atoms with van der Waals surface area (Å²) in [5, 5.41) is 3.10. The van der Waals surface area contributed by atoms with Crippen molar-refractivity contribution in [2.75, 3.05) is 17.8 Å². The van der Waals surface area contributed by atoms with Gasteiger partial charge in [-0.3, -0.25) is 9.59 Å². The smallest absolute Gasteiger partial charge is 0.315 e. The molecule has 0 spiro atoms. The number of thiazole rings is 1. The van der Waals surface area contributed by atoms with Crippen molar-refractivity contribution in [3.63, 3.8) is 0 Å². The number of carbonyl (C=O) groups is 2. The number of nitrogens with one attached hydrogen (secondary N) is 1. The van der Waals surface area contributed by atoms with E-state index < -0.39 is 0 Å². The van der Waals surface area contributed by atoms with Crippen LogP contribution in [-0.4, -0.2) is 29.3 Å². The Balaban J connectivity index is 2.12. The number of carbonyl (C=O) groups excluding carboxylic acids is 2. The third kappa shape index (κ3) is 2.64. The van der Waals surface area contributed by atoms with Crippen LogP contribution in [0.2, 0.25) is 0 Å². The fourth-order valence-corrected chi connectivity index (χ4v) is 3.03. The molecule has 98 valence electrons. The highest BCUT2D eigenvalue weighted by Crippen LogP contribution is 2.38. The quantitative estimate of drug-likeness (QED) is 0.679. The molecule has 1 aliphatic carbocycles. The molecule has 0 radical (unpaired) electrons. The molecule has 0 fully saturated rings. The zero-order valence-corrected chi connectivity index (χ0v) is 11.4. The highest BCUT2D eigenvalue weighted by Gasteiger charge is 2.33. The van der Waals surface area contributed by atoms with Gasteiger partial charge in [0, 0.05) is 4.88 Å². The second kappa shape index (κ2) is 5.67. The third-order valence-electron chi connectivity index (χ3n) is 2.66. The van der Waals surface area contributed by atoms with Crippen molar-refractivity contribution in [1.82, 2.24) is 4.98 Å². The number of halogens is 1. The van der Waals surface area contributed by atoms with Crippen LogP contribution in [0.3, 0.4) is 0 Å². The van der Waals surface area contributed by atoms with Crippen LogP contribution in [0, 0.1) is 0 Å². The van der Waals surface area contributed by atoms with Gasteiger partial charge in [-0.2, -0.15) is 0 Å². The number of esters is 1. The van der Waals surface area contributed by atoms with Crippen LogP contribution >= 0.6 is 22.9 Å². The summed E-state index contributed by atoms with van der Waals surface area (Å²) in [6.07, 6.45) is 1.53. The number of nitrogens with zero attached hydrogens (tertiary/aromatic N) is 1. The minimum atomic E-state index is -0.295. The first-order valence-corrected chi connectivity index (χ1v) is 7.02. The number of hydrogen-bond acceptors (Lipinski definition) is 5. The molecule has 0 aliphatic heterocycles. The summed E-state index contributed by atoms with van der Waals surface area (Å²) in [6.45, 7) is 2.14. The van der Waals surface area contributed by atoms with Crippen molar-refractivity contribution in [3.8, 4) is 0 Å². The molecule has 0 aromatic carbocycles. The van der Waals surface area contributed by atoms with Crippen molar-refractivity contribution in [2.24, 2.45) is 0 Å². The molecule has 1 aromatic rings. The maximum atomic E-state index is 11.7. The number of aryl methyl sites for hydroxylation is 1. The zero-order valence-electron chi connectivity index (χ0n) is 9.86. The van der Waals surface area contributed by atoms with Gasteiger partial charge in [-0.25, -0.2) is 4.98 Å². The van der Waals surface area contributed by atoms with E-state index in [1.54, 1.807) is 6.92 Å². The predicted molar refractivity (Wildman–Crippen MR) is 69.2 cm³/mol. The van der Waals surface area contributed by atoms with Gasteiger partial charge in [-0.05, 0) is 19.8 Å². The molecule has 1 atom stereocenters. The molecule has 1 aromatic heterocycles. The van der Waals surface area contributed by atoms with Crippen molar-refractivity contribution < 1.29 is 14.3 Å². The average Bonchev–Trinajstić information content (AvgIpc) is 2.88. The molecule has 0 saturated carbocycles. The Bertz CT molecular complexity index is 475. The van der Waals surface area contributed by atoms with E-state index in [9.17, 15) is 9.59 Å². The maximum Gasteiger partial charge on any atom is 0.315 e. The summed E-state index contributed by atoms with van der Waals surface area (Å²) >= 11 is 6.80. The van der Waals surface area contributed by atoms with E-state index in [0.717, 1.165) is 23.4 Å². The molecule has 1 heterocycles. The lowest BCUT2D eigenvalue weighted by Crippen LogP contribution is -2.15. The summed E-state index contributed by atoms with van der Waals surface area (Å²) in [6, 6.07) is 0. The van der Waals surface area contributed by atoms with Crippen LogP contribution in [0.4, 0.5) is 5.13 Å². The number of alkyl halides is 1. The maximum absolute atomic E-state index is 11.7. The van der Waals surface area contributed by atoms with E-state index >= 15 is 0 Å². The van der Waals surface area contributed by atoms with Crippen LogP contribution in [0.15, 0.2) is 0 Å². The minimum Gasteiger partial charge on any atom is -0.465 e. The van der Waals surface area contributed by atoms with E-state index in [2.05, 4.69) is 10.3 Å². The van der Waals surface area contributed by atoms with E-state index in [4.69, 9.17) is 16.3 Å². The lowest BCUT2D eigenvalue weighted by molar-refractivity contribution is -0.145. The molecule has 0 saturated heterocycles. The van der Waals surface area contributed by atoms with Crippen molar-refractivity contribution in [3.05, 3.63) is 10.6 Å². The van der Waals surface area contributed by atoms with Gasteiger partial charge in [0.1, 0.15) is 11.8 Å². The molecular weight excluding hydrogens is 276 g/mol. The standard InChI is InChI=1S/C11H13ClN2O3S/c1-2-17-10(16)6-3-4-7-9(6)14-11(18-7)13-8(15)5-12/h6H,2-5H2,1H3,(H,13,14,15). The largest absolute Gasteiger partial charge is 0.465 e. The molecule has 7 heteroatoms. The lowest BCUT2D eigenvalue weighted by atomic mass is 10.1. The van der Waals surface area contributed by atoms with Gasteiger partial charge in [0.05, 0.1) is 12.3 Å². The monoisotopic (exact) mass is 288 g/mol. The van der Waals surface area contributed by atoms with Crippen molar-refractivity contribution in [1.29, 1.82) is 0 Å². The van der Waals surface area contributed by atoms with Gasteiger partial charge < -0.3 is 10.1 Å². The Morgan fingerprint density at radius 2 is 2.39 bits per heavy atom. The molecule has 5 nitrogen and oxygen atoms in total. The van der Waals surface area contributed by atoms with Crippen LogP contribution in [-0.2, 0) is 20.7 Å². The van der Waals surface area contributed by atoms with E-state index in [0.29, 0.717) is 11.7 Å². The molecule has 1 aliphatic rings. The number of ether oxygens (including phenoxy) is 1. The summed E-state index contributed by atoms with van der Waals surface area (Å²) in [7, 11) is 0. The summed E-state index contributed by atoms with van der Waals surface area (Å²) in [5.74, 6) is -0.933. The van der Waals surface area contributed by atoms with Gasteiger partial charge in [0.2, 0.25) is 5.91 Å². The van der Waals surface area contributed by atoms with Crippen LogP contribution in [0.1, 0.15) is 29.8 Å². The number of hydrogen-bond donors (Lipinski definition) is 1. The Hall–Kier alpha value is -1.14. The van der Waals surface area contributed by atoms with Gasteiger partial charge >= 0.3 is 5.97 Å². The molecule has 2 rings (SSSR count). The Morgan fingerprint density at radius 3 is 3.06 bits per heavy atom. The number of fused-ring (bicyclic) bond motifs is 1. The van der Waals surface area contributed by atoms with Gasteiger partial charge in [-0.15, -0.1) is 22.9 Å².